The van der Waals surface area contributed by atoms with Gasteiger partial charge in [-0.25, -0.2) is 4.39 Å². The van der Waals surface area contributed by atoms with Crippen molar-refractivity contribution in [1.82, 2.24) is 15.5 Å². The van der Waals surface area contributed by atoms with Gasteiger partial charge in [-0.15, -0.1) is 0 Å². The first kappa shape index (κ1) is 15.5. The van der Waals surface area contributed by atoms with Crippen molar-refractivity contribution in [3.63, 3.8) is 0 Å². The number of rotatable bonds is 4. The molecular weight excluding hydrogens is 278 g/mol. The second kappa shape index (κ2) is 6.26. The molecule has 116 valence electrons. The predicted molar refractivity (Wildman–Crippen MR) is 64.9 cm³/mol. The number of amides is 1. The summed E-state index contributed by atoms with van der Waals surface area (Å²) in [6.07, 6.45) is -4.38. The van der Waals surface area contributed by atoms with Crippen molar-refractivity contribution in [3.8, 4) is 0 Å². The molecule has 0 aromatic heterocycles. The van der Waals surface area contributed by atoms with Gasteiger partial charge in [0.1, 0.15) is 6.17 Å². The van der Waals surface area contributed by atoms with Gasteiger partial charge in [0.2, 0.25) is 5.91 Å². The van der Waals surface area contributed by atoms with E-state index in [0.717, 1.165) is 0 Å². The van der Waals surface area contributed by atoms with Crippen LogP contribution in [0.3, 0.4) is 0 Å². The Morgan fingerprint density at radius 2 is 2.15 bits per heavy atom. The molecule has 4 nitrogen and oxygen atoms in total. The van der Waals surface area contributed by atoms with Gasteiger partial charge in [0.05, 0.1) is 12.6 Å². The number of carbonyl (C=O) groups is 1. The summed E-state index contributed by atoms with van der Waals surface area (Å²) in [6.45, 7) is 0.367. The van der Waals surface area contributed by atoms with Crippen LogP contribution in [0.4, 0.5) is 17.6 Å². The molecule has 2 N–H and O–H groups in total. The van der Waals surface area contributed by atoms with E-state index in [-0.39, 0.29) is 24.8 Å². The van der Waals surface area contributed by atoms with Gasteiger partial charge in [-0.05, 0) is 18.9 Å². The van der Waals surface area contributed by atoms with Gasteiger partial charge < -0.3 is 10.6 Å². The van der Waals surface area contributed by atoms with E-state index >= 15 is 0 Å². The molecule has 2 aliphatic heterocycles. The van der Waals surface area contributed by atoms with Gasteiger partial charge >= 0.3 is 6.18 Å². The number of alkyl halides is 4. The number of hydrogen-bond acceptors (Lipinski definition) is 3. The molecule has 0 aromatic carbocycles. The summed E-state index contributed by atoms with van der Waals surface area (Å²) in [5.74, 6) is -0.233. The summed E-state index contributed by atoms with van der Waals surface area (Å²) < 4.78 is 49.6. The summed E-state index contributed by atoms with van der Waals surface area (Å²) in [7, 11) is 0. The average molecular weight is 297 g/mol. The van der Waals surface area contributed by atoms with Crippen molar-refractivity contribution in [1.29, 1.82) is 0 Å². The van der Waals surface area contributed by atoms with Crippen LogP contribution in [-0.4, -0.2) is 61.9 Å². The van der Waals surface area contributed by atoms with Crippen molar-refractivity contribution in [3.05, 3.63) is 0 Å². The van der Waals surface area contributed by atoms with Gasteiger partial charge in [-0.3, -0.25) is 9.69 Å². The van der Waals surface area contributed by atoms with Gasteiger partial charge in [-0.2, -0.15) is 13.2 Å². The Balaban J connectivity index is 1.67. The summed E-state index contributed by atoms with van der Waals surface area (Å²) in [5, 5.41) is 5.47. The Morgan fingerprint density at radius 1 is 1.40 bits per heavy atom. The SMILES string of the molecule is O=C(NC[C@H]1CCN(CC(F)(F)F)C1)[C@@H]1C[C@@H](F)CN1. The molecule has 8 heteroatoms. The van der Waals surface area contributed by atoms with Crippen LogP contribution in [0.1, 0.15) is 12.8 Å². The third-order valence-corrected chi connectivity index (χ3v) is 3.73. The molecule has 20 heavy (non-hydrogen) atoms. The van der Waals surface area contributed by atoms with E-state index in [4.69, 9.17) is 0 Å². The lowest BCUT2D eigenvalue weighted by Gasteiger charge is -2.18. The fourth-order valence-electron chi connectivity index (χ4n) is 2.74. The number of carbonyl (C=O) groups excluding carboxylic acids is 1. The number of nitrogens with zero attached hydrogens (tertiary/aromatic N) is 1. The van der Waals surface area contributed by atoms with Gasteiger partial charge in [-0.1, -0.05) is 0 Å². The third-order valence-electron chi connectivity index (χ3n) is 3.73. The van der Waals surface area contributed by atoms with Crippen LogP contribution < -0.4 is 10.6 Å². The highest BCUT2D eigenvalue weighted by atomic mass is 19.4. The van der Waals surface area contributed by atoms with E-state index in [1.165, 1.54) is 4.90 Å². The van der Waals surface area contributed by atoms with Gasteiger partial charge in [0.25, 0.3) is 0 Å². The maximum Gasteiger partial charge on any atom is 0.401 e. The monoisotopic (exact) mass is 297 g/mol. The smallest absolute Gasteiger partial charge is 0.354 e. The normalized spacial score (nSPS) is 31.7. The molecular formula is C12H19F4N3O. The van der Waals surface area contributed by atoms with Crippen molar-refractivity contribution >= 4 is 5.91 Å². The number of hydrogen-bond donors (Lipinski definition) is 2. The minimum atomic E-state index is -4.18. The summed E-state index contributed by atoms with van der Waals surface area (Å²) in [5.41, 5.74) is 0. The topological polar surface area (TPSA) is 44.4 Å². The molecule has 3 atom stereocenters. The van der Waals surface area contributed by atoms with Crippen LogP contribution >= 0.6 is 0 Å². The van der Waals surface area contributed by atoms with Crippen molar-refractivity contribution in [2.75, 3.05) is 32.7 Å². The Kier molecular flexibility index (Phi) is 4.85. The molecule has 0 aromatic rings. The Hall–Kier alpha value is -0.890. The molecule has 0 bridgehead atoms. The standard InChI is InChI=1S/C12H19F4N3O/c13-9-3-10(17-5-9)11(20)18-4-8-1-2-19(6-8)7-12(14,15)16/h8-10,17H,1-7H2,(H,18,20)/t8-,9-,10+/m1/s1. The summed E-state index contributed by atoms with van der Waals surface area (Å²) in [6, 6.07) is -0.516. The maximum absolute atomic E-state index is 12.9. The number of likely N-dealkylation sites (tertiary alicyclic amines) is 1. The highest BCUT2D eigenvalue weighted by Crippen LogP contribution is 2.22. The lowest BCUT2D eigenvalue weighted by atomic mass is 10.1. The Labute approximate surface area is 114 Å². The first-order chi connectivity index (χ1) is 9.33. The number of halogens is 4. The van der Waals surface area contributed by atoms with Crippen LogP contribution in [0.15, 0.2) is 0 Å². The van der Waals surface area contributed by atoms with E-state index in [0.29, 0.717) is 26.1 Å². The lowest BCUT2D eigenvalue weighted by molar-refractivity contribution is -0.143. The third kappa shape index (κ3) is 4.59. The molecule has 2 aliphatic rings. The van der Waals surface area contributed by atoms with Crippen LogP contribution in [0.25, 0.3) is 0 Å². The molecule has 0 aliphatic carbocycles. The predicted octanol–water partition coefficient (Wildman–Crippen LogP) is 0.687. The Bertz CT molecular complexity index is 350. The largest absolute Gasteiger partial charge is 0.401 e. The van der Waals surface area contributed by atoms with Crippen LogP contribution in [0.2, 0.25) is 0 Å². The molecule has 1 amide bonds. The fraction of sp³-hybridized carbons (Fsp3) is 0.917. The zero-order chi connectivity index (χ0) is 14.8. The van der Waals surface area contributed by atoms with Crippen molar-refractivity contribution in [2.45, 2.75) is 31.2 Å². The van der Waals surface area contributed by atoms with Gasteiger partial charge in [0, 0.05) is 26.1 Å². The molecule has 2 rings (SSSR count). The average Bonchev–Trinajstić information content (AvgIpc) is 2.93. The second-order valence-electron chi connectivity index (χ2n) is 5.54. The highest BCUT2D eigenvalue weighted by molar-refractivity contribution is 5.82. The minimum absolute atomic E-state index is 0.0314. The van der Waals surface area contributed by atoms with E-state index < -0.39 is 24.9 Å². The second-order valence-corrected chi connectivity index (χ2v) is 5.54. The van der Waals surface area contributed by atoms with Crippen LogP contribution in [-0.2, 0) is 4.79 Å². The van der Waals surface area contributed by atoms with E-state index in [1.54, 1.807) is 0 Å². The number of nitrogens with one attached hydrogen (secondary N) is 2. The molecule has 2 saturated heterocycles. The van der Waals surface area contributed by atoms with E-state index in [2.05, 4.69) is 10.6 Å². The first-order valence-electron chi connectivity index (χ1n) is 6.78. The zero-order valence-electron chi connectivity index (χ0n) is 11.0. The van der Waals surface area contributed by atoms with Crippen molar-refractivity contribution < 1.29 is 22.4 Å². The van der Waals surface area contributed by atoms with Crippen molar-refractivity contribution in [2.24, 2.45) is 5.92 Å². The molecule has 0 radical (unpaired) electrons. The van der Waals surface area contributed by atoms with Crippen LogP contribution in [0, 0.1) is 5.92 Å². The Morgan fingerprint density at radius 3 is 2.75 bits per heavy atom. The van der Waals surface area contributed by atoms with E-state index in [1.807, 2.05) is 0 Å². The van der Waals surface area contributed by atoms with Crippen LogP contribution in [0.5, 0.6) is 0 Å². The molecule has 0 saturated carbocycles. The quantitative estimate of drug-likeness (QED) is 0.750. The summed E-state index contributed by atoms with van der Waals surface area (Å²) >= 11 is 0. The van der Waals surface area contributed by atoms with E-state index in [9.17, 15) is 22.4 Å². The first-order valence-corrected chi connectivity index (χ1v) is 6.78. The molecule has 0 unspecified atom stereocenters. The zero-order valence-corrected chi connectivity index (χ0v) is 11.0. The maximum atomic E-state index is 12.9. The molecule has 2 heterocycles. The molecule has 2 fully saturated rings. The fourth-order valence-corrected chi connectivity index (χ4v) is 2.74. The van der Waals surface area contributed by atoms with Gasteiger partial charge in [0.15, 0.2) is 0 Å². The highest BCUT2D eigenvalue weighted by Gasteiger charge is 2.35. The minimum Gasteiger partial charge on any atom is -0.354 e. The lowest BCUT2D eigenvalue weighted by Crippen LogP contribution is -2.42. The summed E-state index contributed by atoms with van der Waals surface area (Å²) in [4.78, 5) is 13.1. The molecule has 0 spiro atoms.